The van der Waals surface area contributed by atoms with Crippen molar-refractivity contribution in [3.63, 3.8) is 0 Å². The third-order valence-corrected chi connectivity index (χ3v) is 4.78. The summed E-state index contributed by atoms with van der Waals surface area (Å²) in [5.74, 6) is 0.237. The summed E-state index contributed by atoms with van der Waals surface area (Å²) < 4.78 is 15.7. The average Bonchev–Trinajstić information content (AvgIpc) is 2.93. The van der Waals surface area contributed by atoms with Crippen molar-refractivity contribution in [1.82, 2.24) is 9.78 Å². The summed E-state index contributed by atoms with van der Waals surface area (Å²) >= 11 is 11.5. The number of nitrogens with zero attached hydrogens (tertiary/aromatic N) is 2. The average molecular weight is 403 g/mol. The third kappa shape index (κ3) is 4.64. The number of thiocarbonyl (C=S) groups is 1. The van der Waals surface area contributed by atoms with Crippen LogP contribution in [0.1, 0.15) is 22.4 Å². The van der Waals surface area contributed by atoms with Gasteiger partial charge < -0.3 is 10.6 Å². The van der Waals surface area contributed by atoms with Gasteiger partial charge in [-0.25, -0.2) is 4.39 Å². The van der Waals surface area contributed by atoms with Gasteiger partial charge in [0.05, 0.1) is 6.54 Å². The summed E-state index contributed by atoms with van der Waals surface area (Å²) in [5, 5.41) is 11.5. The van der Waals surface area contributed by atoms with Gasteiger partial charge in [-0.05, 0) is 56.8 Å². The van der Waals surface area contributed by atoms with E-state index in [-0.39, 0.29) is 12.4 Å². The van der Waals surface area contributed by atoms with E-state index in [0.29, 0.717) is 21.5 Å². The molecule has 1 heterocycles. The van der Waals surface area contributed by atoms with Gasteiger partial charge in [-0.3, -0.25) is 4.68 Å². The van der Waals surface area contributed by atoms with E-state index in [2.05, 4.69) is 21.8 Å². The lowest BCUT2D eigenvalue weighted by Gasteiger charge is -2.11. The standard InChI is InChI=1S/C20H20ClFN4S/c1-12-7-8-18(13(2)9-12)23-20(27)24-19-10-14(3)26(25-19)11-15-16(21)5-4-6-17(15)22/h4-10H,11H2,1-3H3,(H2,23,24,25,27). The van der Waals surface area contributed by atoms with E-state index in [4.69, 9.17) is 23.8 Å². The first-order valence-corrected chi connectivity index (χ1v) is 9.24. The number of halogens is 2. The van der Waals surface area contributed by atoms with Crippen molar-refractivity contribution in [2.45, 2.75) is 27.3 Å². The molecule has 3 rings (SSSR count). The van der Waals surface area contributed by atoms with Gasteiger partial charge >= 0.3 is 0 Å². The molecule has 0 aliphatic heterocycles. The van der Waals surface area contributed by atoms with Gasteiger partial charge in [0.25, 0.3) is 0 Å². The fourth-order valence-corrected chi connectivity index (χ4v) is 3.23. The maximum atomic E-state index is 14.0. The topological polar surface area (TPSA) is 41.9 Å². The normalized spacial score (nSPS) is 10.7. The van der Waals surface area contributed by atoms with Crippen LogP contribution in [0.4, 0.5) is 15.9 Å². The summed E-state index contributed by atoms with van der Waals surface area (Å²) in [6.45, 7) is 6.21. The second-order valence-electron chi connectivity index (χ2n) is 6.43. The molecule has 7 heteroatoms. The molecule has 0 amide bonds. The van der Waals surface area contributed by atoms with Crippen LogP contribution in [0.3, 0.4) is 0 Å². The minimum atomic E-state index is -0.348. The molecule has 27 heavy (non-hydrogen) atoms. The van der Waals surface area contributed by atoms with Crippen molar-refractivity contribution >= 4 is 40.4 Å². The quantitative estimate of drug-likeness (QED) is 0.569. The van der Waals surface area contributed by atoms with Crippen LogP contribution < -0.4 is 10.6 Å². The van der Waals surface area contributed by atoms with Crippen LogP contribution in [0, 0.1) is 26.6 Å². The van der Waals surface area contributed by atoms with Gasteiger partial charge in [-0.15, -0.1) is 0 Å². The molecule has 0 fully saturated rings. The summed E-state index contributed by atoms with van der Waals surface area (Å²) in [6.07, 6.45) is 0. The van der Waals surface area contributed by atoms with Crippen molar-refractivity contribution < 1.29 is 4.39 Å². The number of anilines is 2. The van der Waals surface area contributed by atoms with Gasteiger partial charge in [0.15, 0.2) is 10.9 Å². The van der Waals surface area contributed by atoms with Crippen LogP contribution in [0.25, 0.3) is 0 Å². The van der Waals surface area contributed by atoms with E-state index in [1.165, 1.54) is 11.6 Å². The highest BCUT2D eigenvalue weighted by molar-refractivity contribution is 7.80. The first kappa shape index (κ1) is 19.3. The van der Waals surface area contributed by atoms with E-state index in [1.807, 2.05) is 39.0 Å². The van der Waals surface area contributed by atoms with Gasteiger partial charge in [-0.2, -0.15) is 5.10 Å². The lowest BCUT2D eigenvalue weighted by molar-refractivity contribution is 0.581. The maximum absolute atomic E-state index is 14.0. The van der Waals surface area contributed by atoms with Gasteiger partial charge in [0.1, 0.15) is 5.82 Å². The molecular formula is C20H20ClFN4S. The molecule has 140 valence electrons. The van der Waals surface area contributed by atoms with Gasteiger partial charge in [0, 0.05) is 28.0 Å². The SMILES string of the molecule is Cc1ccc(NC(=S)Nc2cc(C)n(Cc3c(F)cccc3Cl)n2)c(C)c1. The number of rotatable bonds is 4. The van der Waals surface area contributed by atoms with Crippen molar-refractivity contribution in [1.29, 1.82) is 0 Å². The molecule has 0 radical (unpaired) electrons. The Labute approximate surface area is 168 Å². The number of aryl methyl sites for hydroxylation is 3. The first-order valence-electron chi connectivity index (χ1n) is 8.46. The highest BCUT2D eigenvalue weighted by Crippen LogP contribution is 2.21. The minimum Gasteiger partial charge on any atom is -0.332 e. The molecule has 3 aromatic rings. The Morgan fingerprint density at radius 2 is 1.93 bits per heavy atom. The maximum Gasteiger partial charge on any atom is 0.176 e. The number of nitrogens with one attached hydrogen (secondary N) is 2. The molecule has 0 aliphatic rings. The summed E-state index contributed by atoms with van der Waals surface area (Å²) in [7, 11) is 0. The van der Waals surface area contributed by atoms with Crippen molar-refractivity contribution in [3.8, 4) is 0 Å². The van der Waals surface area contributed by atoms with E-state index in [0.717, 1.165) is 16.9 Å². The lowest BCUT2D eigenvalue weighted by atomic mass is 10.1. The van der Waals surface area contributed by atoms with E-state index >= 15 is 0 Å². The molecule has 0 atom stereocenters. The molecule has 2 N–H and O–H groups in total. The van der Waals surface area contributed by atoms with Crippen LogP contribution in [0.2, 0.25) is 5.02 Å². The summed E-state index contributed by atoms with van der Waals surface area (Å²) in [6, 6.07) is 12.6. The van der Waals surface area contributed by atoms with Crippen LogP contribution in [-0.4, -0.2) is 14.9 Å². The van der Waals surface area contributed by atoms with E-state index in [1.54, 1.807) is 16.8 Å². The Morgan fingerprint density at radius 3 is 2.63 bits per heavy atom. The Kier molecular flexibility index (Phi) is 5.77. The van der Waals surface area contributed by atoms with E-state index in [9.17, 15) is 4.39 Å². The smallest absolute Gasteiger partial charge is 0.176 e. The second-order valence-corrected chi connectivity index (χ2v) is 7.24. The summed E-state index contributed by atoms with van der Waals surface area (Å²) in [4.78, 5) is 0. The number of aromatic nitrogens is 2. The monoisotopic (exact) mass is 402 g/mol. The van der Waals surface area contributed by atoms with E-state index < -0.39 is 0 Å². The molecule has 0 saturated heterocycles. The largest absolute Gasteiger partial charge is 0.332 e. The van der Waals surface area contributed by atoms with Crippen LogP contribution in [0.5, 0.6) is 0 Å². The highest BCUT2D eigenvalue weighted by atomic mass is 35.5. The van der Waals surface area contributed by atoms with Crippen molar-refractivity contribution in [3.05, 3.63) is 75.7 Å². The van der Waals surface area contributed by atoms with Crippen molar-refractivity contribution in [2.24, 2.45) is 0 Å². The molecular weight excluding hydrogens is 383 g/mol. The predicted molar refractivity (Wildman–Crippen MR) is 113 cm³/mol. The lowest BCUT2D eigenvalue weighted by Crippen LogP contribution is -2.20. The third-order valence-electron chi connectivity index (χ3n) is 4.22. The predicted octanol–water partition coefficient (Wildman–Crippen LogP) is 5.46. The molecule has 1 aromatic heterocycles. The molecule has 0 spiro atoms. The molecule has 2 aromatic carbocycles. The molecule has 0 bridgehead atoms. The molecule has 4 nitrogen and oxygen atoms in total. The molecule has 0 unspecified atom stereocenters. The van der Waals surface area contributed by atoms with Crippen LogP contribution in [0.15, 0.2) is 42.5 Å². The zero-order valence-electron chi connectivity index (χ0n) is 15.3. The Morgan fingerprint density at radius 1 is 1.15 bits per heavy atom. The van der Waals surface area contributed by atoms with Crippen LogP contribution in [-0.2, 0) is 6.54 Å². The fourth-order valence-electron chi connectivity index (χ4n) is 2.79. The number of hydrogen-bond donors (Lipinski definition) is 2. The zero-order chi connectivity index (χ0) is 19.6. The molecule has 0 aliphatic carbocycles. The molecule has 0 saturated carbocycles. The highest BCUT2D eigenvalue weighted by Gasteiger charge is 2.12. The Hall–Kier alpha value is -2.44. The number of benzene rings is 2. The Balaban J connectivity index is 1.71. The first-order chi connectivity index (χ1) is 12.8. The second kappa shape index (κ2) is 8.06. The zero-order valence-corrected chi connectivity index (χ0v) is 16.9. The van der Waals surface area contributed by atoms with Gasteiger partial charge in [-0.1, -0.05) is 35.4 Å². The Bertz CT molecular complexity index is 979. The minimum absolute atomic E-state index is 0.246. The fraction of sp³-hybridized carbons (Fsp3) is 0.200. The van der Waals surface area contributed by atoms with Crippen LogP contribution >= 0.6 is 23.8 Å². The number of hydrogen-bond acceptors (Lipinski definition) is 2. The van der Waals surface area contributed by atoms with Crippen molar-refractivity contribution in [2.75, 3.05) is 10.6 Å². The summed E-state index contributed by atoms with van der Waals surface area (Å²) in [5.41, 5.74) is 4.51. The van der Waals surface area contributed by atoms with Gasteiger partial charge in [0.2, 0.25) is 0 Å².